The van der Waals surface area contributed by atoms with Crippen molar-refractivity contribution in [2.45, 2.75) is 57.2 Å². The Labute approximate surface area is 154 Å². The van der Waals surface area contributed by atoms with E-state index in [0.29, 0.717) is 10.8 Å². The standard InChI is InChI=1S/C15H22N8S2/c1-7-24-14-21-20-13(25-14)19-16-9-10(15(4,5)6)22-23-11(8(2)3)17-18-12(9)23/h8,18H,7H2,1-6H3. The smallest absolute Gasteiger partial charge is 0.252 e. The minimum Gasteiger partial charge on any atom is -0.258 e. The minimum absolute atomic E-state index is 0.167. The molecule has 0 unspecified atom stereocenters. The molecular formula is C15H22N8S2. The Morgan fingerprint density at radius 2 is 2.00 bits per heavy atom. The highest BCUT2D eigenvalue weighted by Crippen LogP contribution is 2.36. The Morgan fingerprint density at radius 1 is 1.24 bits per heavy atom. The fraction of sp³-hybridized carbons (Fsp3) is 0.600. The number of rotatable bonds is 5. The number of nitrogens with zero attached hydrogens (tertiary/aromatic N) is 7. The fourth-order valence-electron chi connectivity index (χ4n) is 2.32. The second-order valence-electron chi connectivity index (χ2n) is 6.93. The molecule has 3 heterocycles. The van der Waals surface area contributed by atoms with Crippen molar-refractivity contribution in [3.63, 3.8) is 0 Å². The summed E-state index contributed by atoms with van der Waals surface area (Å²) in [7, 11) is 0. The van der Waals surface area contributed by atoms with Crippen LogP contribution in [0.3, 0.4) is 0 Å². The molecule has 3 rings (SSSR count). The number of aromatic amines is 1. The van der Waals surface area contributed by atoms with Gasteiger partial charge in [0.05, 0.1) is 5.69 Å². The first-order valence-electron chi connectivity index (χ1n) is 8.16. The monoisotopic (exact) mass is 378 g/mol. The first-order chi connectivity index (χ1) is 11.8. The molecule has 0 aliphatic carbocycles. The number of hydrogen-bond donors (Lipinski definition) is 1. The van der Waals surface area contributed by atoms with Gasteiger partial charge in [0.25, 0.3) is 5.13 Å². The summed E-state index contributed by atoms with van der Waals surface area (Å²) in [5, 5.41) is 29.6. The number of aromatic nitrogens is 6. The number of thioether (sulfide) groups is 1. The second kappa shape index (κ2) is 6.83. The van der Waals surface area contributed by atoms with Gasteiger partial charge in [-0.15, -0.1) is 20.4 Å². The summed E-state index contributed by atoms with van der Waals surface area (Å²) < 4.78 is 2.73. The van der Waals surface area contributed by atoms with Crippen molar-refractivity contribution in [2.75, 3.05) is 5.75 Å². The van der Waals surface area contributed by atoms with Gasteiger partial charge in [-0.05, 0) is 5.75 Å². The first-order valence-corrected chi connectivity index (χ1v) is 9.97. The molecule has 0 aromatic carbocycles. The molecule has 0 fully saturated rings. The number of fused-ring (bicyclic) bond motifs is 1. The summed E-state index contributed by atoms with van der Waals surface area (Å²) in [5.41, 5.74) is 2.16. The van der Waals surface area contributed by atoms with Crippen LogP contribution < -0.4 is 0 Å². The Morgan fingerprint density at radius 3 is 2.64 bits per heavy atom. The minimum atomic E-state index is -0.167. The van der Waals surface area contributed by atoms with Gasteiger partial charge in [-0.2, -0.15) is 14.7 Å². The third kappa shape index (κ3) is 3.59. The molecule has 0 saturated carbocycles. The van der Waals surface area contributed by atoms with Crippen molar-refractivity contribution >= 4 is 39.6 Å². The SMILES string of the molecule is CCSc1nnc(N=Nc2c(C(C)(C)C)nn3c(C(C)C)n[nH]c23)s1. The van der Waals surface area contributed by atoms with Gasteiger partial charge in [0.2, 0.25) is 0 Å². The zero-order chi connectivity index (χ0) is 18.2. The molecule has 0 bridgehead atoms. The quantitative estimate of drug-likeness (QED) is 0.505. The highest BCUT2D eigenvalue weighted by molar-refractivity contribution is 8.01. The van der Waals surface area contributed by atoms with E-state index < -0.39 is 0 Å². The van der Waals surface area contributed by atoms with E-state index in [2.05, 4.69) is 72.2 Å². The van der Waals surface area contributed by atoms with Crippen LogP contribution in [0.4, 0.5) is 10.8 Å². The fourth-order valence-corrected chi connectivity index (χ4v) is 3.88. The Bertz CT molecular complexity index is 897. The molecule has 0 aliphatic rings. The predicted octanol–water partition coefficient (Wildman–Crippen LogP) is 4.86. The van der Waals surface area contributed by atoms with Gasteiger partial charge < -0.3 is 0 Å². The van der Waals surface area contributed by atoms with Crippen LogP contribution in [0.2, 0.25) is 0 Å². The van der Waals surface area contributed by atoms with E-state index in [0.717, 1.165) is 27.3 Å². The van der Waals surface area contributed by atoms with Gasteiger partial charge in [-0.3, -0.25) is 5.10 Å². The van der Waals surface area contributed by atoms with E-state index in [1.54, 1.807) is 11.8 Å². The van der Waals surface area contributed by atoms with E-state index in [-0.39, 0.29) is 11.3 Å². The molecule has 0 spiro atoms. The van der Waals surface area contributed by atoms with E-state index in [9.17, 15) is 0 Å². The lowest BCUT2D eigenvalue weighted by Gasteiger charge is -2.15. The second-order valence-corrected chi connectivity index (χ2v) is 9.39. The van der Waals surface area contributed by atoms with Crippen LogP contribution in [0.25, 0.3) is 5.65 Å². The maximum atomic E-state index is 4.74. The first kappa shape index (κ1) is 18.0. The molecule has 134 valence electrons. The summed E-state index contributed by atoms with van der Waals surface area (Å²) in [4.78, 5) is 0. The summed E-state index contributed by atoms with van der Waals surface area (Å²) in [6.45, 7) is 12.6. The van der Waals surface area contributed by atoms with Crippen LogP contribution in [-0.2, 0) is 5.41 Å². The summed E-state index contributed by atoms with van der Waals surface area (Å²) in [6, 6.07) is 0. The molecule has 0 amide bonds. The third-order valence-corrected chi connectivity index (χ3v) is 5.30. The van der Waals surface area contributed by atoms with Crippen molar-refractivity contribution in [2.24, 2.45) is 10.2 Å². The summed E-state index contributed by atoms with van der Waals surface area (Å²) >= 11 is 3.08. The number of azo groups is 1. The van der Waals surface area contributed by atoms with Crippen LogP contribution >= 0.6 is 23.1 Å². The summed E-state index contributed by atoms with van der Waals surface area (Å²) in [6.07, 6.45) is 0. The average molecular weight is 379 g/mol. The Hall–Kier alpha value is -1.81. The van der Waals surface area contributed by atoms with Gasteiger partial charge >= 0.3 is 0 Å². The normalized spacial score (nSPS) is 12.9. The summed E-state index contributed by atoms with van der Waals surface area (Å²) in [5.74, 6) is 2.08. The molecule has 1 N–H and O–H groups in total. The van der Waals surface area contributed by atoms with Crippen molar-refractivity contribution in [1.82, 2.24) is 30.0 Å². The lowest BCUT2D eigenvalue weighted by Crippen LogP contribution is -2.13. The van der Waals surface area contributed by atoms with Gasteiger partial charge in [-0.25, -0.2) is 0 Å². The maximum Gasteiger partial charge on any atom is 0.252 e. The average Bonchev–Trinajstić information content (AvgIpc) is 3.18. The maximum absolute atomic E-state index is 4.74. The van der Waals surface area contributed by atoms with Gasteiger partial charge in [0.1, 0.15) is 0 Å². The highest BCUT2D eigenvalue weighted by Gasteiger charge is 2.27. The van der Waals surface area contributed by atoms with Gasteiger partial charge in [0.15, 0.2) is 21.5 Å². The molecule has 0 atom stereocenters. The topological polar surface area (TPSA) is 96.5 Å². The predicted molar refractivity (Wildman–Crippen MR) is 101 cm³/mol. The van der Waals surface area contributed by atoms with E-state index in [4.69, 9.17) is 5.10 Å². The van der Waals surface area contributed by atoms with Crippen LogP contribution in [0.5, 0.6) is 0 Å². The lowest BCUT2D eigenvalue weighted by atomic mass is 9.91. The lowest BCUT2D eigenvalue weighted by molar-refractivity contribution is 0.558. The van der Waals surface area contributed by atoms with Crippen molar-refractivity contribution in [3.05, 3.63) is 11.5 Å². The molecular weight excluding hydrogens is 356 g/mol. The van der Waals surface area contributed by atoms with Crippen LogP contribution in [0.1, 0.15) is 59.0 Å². The van der Waals surface area contributed by atoms with Crippen molar-refractivity contribution < 1.29 is 0 Å². The largest absolute Gasteiger partial charge is 0.258 e. The van der Waals surface area contributed by atoms with Crippen LogP contribution in [-0.4, -0.2) is 35.8 Å². The van der Waals surface area contributed by atoms with Crippen molar-refractivity contribution in [3.8, 4) is 0 Å². The molecule has 8 nitrogen and oxygen atoms in total. The van der Waals surface area contributed by atoms with E-state index >= 15 is 0 Å². The Kier molecular flexibility index (Phi) is 4.92. The zero-order valence-electron chi connectivity index (χ0n) is 15.2. The van der Waals surface area contributed by atoms with E-state index in [1.807, 2.05) is 4.52 Å². The Balaban J connectivity index is 2.05. The molecule has 0 aliphatic heterocycles. The molecule has 0 saturated heterocycles. The number of nitrogens with one attached hydrogen (secondary N) is 1. The number of hydrogen-bond acceptors (Lipinski definition) is 8. The van der Waals surface area contributed by atoms with Crippen LogP contribution in [0, 0.1) is 0 Å². The van der Waals surface area contributed by atoms with E-state index in [1.165, 1.54) is 11.3 Å². The zero-order valence-corrected chi connectivity index (χ0v) is 16.9. The molecule has 10 heteroatoms. The highest BCUT2D eigenvalue weighted by atomic mass is 32.2. The molecule has 3 aromatic rings. The number of H-pyrrole nitrogens is 1. The third-order valence-electron chi connectivity index (χ3n) is 3.48. The van der Waals surface area contributed by atoms with Gasteiger partial charge in [0, 0.05) is 11.3 Å². The van der Waals surface area contributed by atoms with Gasteiger partial charge in [-0.1, -0.05) is 64.6 Å². The van der Waals surface area contributed by atoms with Crippen LogP contribution in [0.15, 0.2) is 14.6 Å². The molecule has 0 radical (unpaired) electrons. The molecule has 3 aromatic heterocycles. The van der Waals surface area contributed by atoms with Crippen molar-refractivity contribution in [1.29, 1.82) is 0 Å². The molecule has 25 heavy (non-hydrogen) atoms.